The van der Waals surface area contributed by atoms with Gasteiger partial charge in [0.2, 0.25) is 0 Å². The normalized spacial score (nSPS) is 14.2. The van der Waals surface area contributed by atoms with Crippen LogP contribution in [0.2, 0.25) is 0 Å². The van der Waals surface area contributed by atoms with Crippen LogP contribution in [0.5, 0.6) is 0 Å². The smallest absolute Gasteiger partial charge is 0.262 e. The van der Waals surface area contributed by atoms with Crippen molar-refractivity contribution >= 4 is 28.6 Å². The van der Waals surface area contributed by atoms with Crippen LogP contribution in [-0.4, -0.2) is 35.2 Å². The number of benzene rings is 2. The van der Waals surface area contributed by atoms with Gasteiger partial charge >= 0.3 is 0 Å². The molecule has 1 aliphatic rings. The van der Waals surface area contributed by atoms with Crippen molar-refractivity contribution in [3.05, 3.63) is 69.8 Å². The van der Waals surface area contributed by atoms with Crippen LogP contribution in [-0.2, 0) is 17.0 Å². The fourth-order valence-electron chi connectivity index (χ4n) is 3.90. The number of thioether (sulfide) groups is 1. The maximum atomic E-state index is 13.2. The van der Waals surface area contributed by atoms with Gasteiger partial charge in [0.15, 0.2) is 5.16 Å². The molecule has 2 aromatic carbocycles. The fraction of sp³-hybridized carbons (Fsp3) is 0.375. The minimum absolute atomic E-state index is 0.135. The number of methoxy groups -OCH3 is 1. The van der Waals surface area contributed by atoms with Gasteiger partial charge in [-0.3, -0.25) is 14.2 Å². The number of hydrogen-bond acceptors (Lipinski definition) is 5. The summed E-state index contributed by atoms with van der Waals surface area (Å²) in [5.74, 6) is 0.111. The molecule has 4 rings (SSSR count). The van der Waals surface area contributed by atoms with Gasteiger partial charge in [0.1, 0.15) is 5.82 Å². The number of ether oxygens (including phenoxy) is 1. The Morgan fingerprint density at radius 2 is 1.97 bits per heavy atom. The second kappa shape index (κ2) is 10.3. The molecule has 1 amide bonds. The molecule has 0 radical (unpaired) electrons. The summed E-state index contributed by atoms with van der Waals surface area (Å²) in [5, 5.41) is 4.08. The number of halogens is 1. The van der Waals surface area contributed by atoms with Gasteiger partial charge in [-0.2, -0.15) is 0 Å². The monoisotopic (exact) mass is 455 g/mol. The van der Waals surface area contributed by atoms with E-state index in [0.29, 0.717) is 40.5 Å². The highest BCUT2D eigenvalue weighted by Gasteiger charge is 2.19. The number of nitrogens with one attached hydrogen (secondary N) is 1. The Bertz CT molecular complexity index is 1160. The van der Waals surface area contributed by atoms with Crippen LogP contribution in [0.1, 0.15) is 41.6 Å². The van der Waals surface area contributed by atoms with Gasteiger partial charge in [-0.25, -0.2) is 9.37 Å². The SMILES string of the molecule is COCCn1c(SCc2ccc(F)cc2)nc2cc(C(=O)NC3CCCC3)ccc2c1=O. The van der Waals surface area contributed by atoms with Crippen molar-refractivity contribution in [3.8, 4) is 0 Å². The molecular weight excluding hydrogens is 429 g/mol. The van der Waals surface area contributed by atoms with Gasteiger partial charge in [0, 0.05) is 24.5 Å². The first kappa shape index (κ1) is 22.5. The lowest BCUT2D eigenvalue weighted by Crippen LogP contribution is -2.32. The molecule has 32 heavy (non-hydrogen) atoms. The minimum atomic E-state index is -0.289. The zero-order valence-corrected chi connectivity index (χ0v) is 18.8. The molecule has 0 saturated heterocycles. The number of amides is 1. The molecule has 8 heteroatoms. The lowest BCUT2D eigenvalue weighted by molar-refractivity contribution is 0.0938. The van der Waals surface area contributed by atoms with E-state index in [1.807, 2.05) is 0 Å². The number of hydrogen-bond donors (Lipinski definition) is 1. The summed E-state index contributed by atoms with van der Waals surface area (Å²) in [6, 6.07) is 11.5. The number of nitrogens with zero attached hydrogens (tertiary/aromatic N) is 2. The Morgan fingerprint density at radius 3 is 2.69 bits per heavy atom. The van der Waals surface area contributed by atoms with Crippen LogP contribution < -0.4 is 10.9 Å². The standard InChI is InChI=1S/C24H26FN3O3S/c1-31-13-12-28-23(30)20-11-8-17(22(29)26-19-4-2-3-5-19)14-21(20)27-24(28)32-15-16-6-9-18(25)10-7-16/h6-11,14,19H,2-5,12-13,15H2,1H3,(H,26,29). The minimum Gasteiger partial charge on any atom is -0.383 e. The first-order chi connectivity index (χ1) is 15.5. The fourth-order valence-corrected chi connectivity index (χ4v) is 4.88. The lowest BCUT2D eigenvalue weighted by atomic mass is 10.1. The molecule has 1 N–H and O–H groups in total. The summed E-state index contributed by atoms with van der Waals surface area (Å²) < 4.78 is 20.0. The highest BCUT2D eigenvalue weighted by atomic mass is 32.2. The van der Waals surface area contributed by atoms with E-state index in [-0.39, 0.29) is 23.3 Å². The van der Waals surface area contributed by atoms with Crippen molar-refractivity contribution in [2.24, 2.45) is 0 Å². The van der Waals surface area contributed by atoms with Crippen molar-refractivity contribution in [1.82, 2.24) is 14.9 Å². The summed E-state index contributed by atoms with van der Waals surface area (Å²) in [4.78, 5) is 30.6. The van der Waals surface area contributed by atoms with Gasteiger partial charge in [0.25, 0.3) is 11.5 Å². The Labute approximate surface area is 190 Å². The number of carbonyl (C=O) groups is 1. The van der Waals surface area contributed by atoms with Gasteiger partial charge in [-0.05, 0) is 48.7 Å². The van der Waals surface area contributed by atoms with Crippen molar-refractivity contribution in [2.45, 2.75) is 49.2 Å². The Kier molecular flexibility index (Phi) is 7.22. The molecule has 0 aliphatic heterocycles. The third kappa shape index (κ3) is 5.19. The predicted octanol–water partition coefficient (Wildman–Crippen LogP) is 4.15. The van der Waals surface area contributed by atoms with E-state index in [1.165, 1.54) is 23.9 Å². The maximum Gasteiger partial charge on any atom is 0.262 e. The van der Waals surface area contributed by atoms with Crippen LogP contribution in [0, 0.1) is 5.82 Å². The molecule has 3 aromatic rings. The largest absolute Gasteiger partial charge is 0.383 e. The summed E-state index contributed by atoms with van der Waals surface area (Å²) in [6.45, 7) is 0.743. The molecule has 1 fully saturated rings. The van der Waals surface area contributed by atoms with Crippen LogP contribution >= 0.6 is 11.8 Å². The van der Waals surface area contributed by atoms with Gasteiger partial charge in [-0.1, -0.05) is 36.7 Å². The predicted molar refractivity (Wildman–Crippen MR) is 124 cm³/mol. The van der Waals surface area contributed by atoms with E-state index in [9.17, 15) is 14.0 Å². The van der Waals surface area contributed by atoms with Gasteiger partial charge in [0.05, 0.1) is 24.1 Å². The van der Waals surface area contributed by atoms with Gasteiger partial charge < -0.3 is 10.1 Å². The highest BCUT2D eigenvalue weighted by Crippen LogP contribution is 2.23. The zero-order valence-electron chi connectivity index (χ0n) is 18.0. The summed E-state index contributed by atoms with van der Waals surface area (Å²) in [6.07, 6.45) is 4.29. The molecule has 0 atom stereocenters. The van der Waals surface area contributed by atoms with Crippen LogP contribution in [0.4, 0.5) is 4.39 Å². The number of aromatic nitrogens is 2. The molecule has 0 spiro atoms. The van der Waals surface area contributed by atoms with Crippen molar-refractivity contribution in [3.63, 3.8) is 0 Å². The highest BCUT2D eigenvalue weighted by molar-refractivity contribution is 7.98. The van der Waals surface area contributed by atoms with Crippen LogP contribution in [0.3, 0.4) is 0 Å². The molecular formula is C24H26FN3O3S. The third-order valence-corrected chi connectivity index (χ3v) is 6.72. The van der Waals surface area contributed by atoms with Crippen molar-refractivity contribution < 1.29 is 13.9 Å². The van der Waals surface area contributed by atoms with Crippen molar-refractivity contribution in [2.75, 3.05) is 13.7 Å². The van der Waals surface area contributed by atoms with E-state index >= 15 is 0 Å². The number of rotatable bonds is 8. The zero-order chi connectivity index (χ0) is 22.5. The topological polar surface area (TPSA) is 73.2 Å². The van der Waals surface area contributed by atoms with E-state index in [0.717, 1.165) is 31.2 Å². The average molecular weight is 456 g/mol. The second-order valence-corrected chi connectivity index (χ2v) is 8.89. The maximum absolute atomic E-state index is 13.2. The van der Waals surface area contributed by atoms with Crippen LogP contribution in [0.25, 0.3) is 10.9 Å². The van der Waals surface area contributed by atoms with E-state index in [1.54, 1.807) is 42.0 Å². The lowest BCUT2D eigenvalue weighted by Gasteiger charge is -2.14. The molecule has 1 aliphatic carbocycles. The van der Waals surface area contributed by atoms with E-state index in [4.69, 9.17) is 9.72 Å². The molecule has 0 unspecified atom stereocenters. The first-order valence-electron chi connectivity index (χ1n) is 10.8. The van der Waals surface area contributed by atoms with E-state index in [2.05, 4.69) is 5.32 Å². The molecule has 6 nitrogen and oxygen atoms in total. The molecule has 1 saturated carbocycles. The molecule has 168 valence electrons. The third-order valence-electron chi connectivity index (χ3n) is 5.67. The summed E-state index contributed by atoms with van der Waals surface area (Å²) >= 11 is 1.40. The summed E-state index contributed by atoms with van der Waals surface area (Å²) in [5.41, 5.74) is 1.75. The first-order valence-corrected chi connectivity index (χ1v) is 11.8. The molecule has 1 aromatic heterocycles. The summed E-state index contributed by atoms with van der Waals surface area (Å²) in [7, 11) is 1.58. The second-order valence-electron chi connectivity index (χ2n) is 7.95. The van der Waals surface area contributed by atoms with Crippen LogP contribution in [0.15, 0.2) is 52.4 Å². The molecule has 0 bridgehead atoms. The molecule has 1 heterocycles. The van der Waals surface area contributed by atoms with E-state index < -0.39 is 0 Å². The quantitative estimate of drug-likeness (QED) is 0.408. The number of fused-ring (bicyclic) bond motifs is 1. The Hall–Kier alpha value is -2.71. The average Bonchev–Trinajstić information content (AvgIpc) is 3.31. The number of carbonyl (C=O) groups excluding carboxylic acids is 1. The van der Waals surface area contributed by atoms with Gasteiger partial charge in [-0.15, -0.1) is 0 Å². The Morgan fingerprint density at radius 1 is 1.22 bits per heavy atom. The van der Waals surface area contributed by atoms with Crippen molar-refractivity contribution in [1.29, 1.82) is 0 Å². The Balaban J connectivity index is 1.64.